The number of furan rings is 1. The van der Waals surface area contributed by atoms with Gasteiger partial charge in [-0.3, -0.25) is 0 Å². The third-order valence-electron chi connectivity index (χ3n) is 6.08. The molecule has 1 atom stereocenters. The van der Waals surface area contributed by atoms with Crippen molar-refractivity contribution in [3.63, 3.8) is 0 Å². The Kier molecular flexibility index (Phi) is 4.51. The van der Waals surface area contributed by atoms with Crippen LogP contribution >= 0.6 is 0 Å². The molecule has 0 aliphatic heterocycles. The van der Waals surface area contributed by atoms with Crippen LogP contribution in [0.1, 0.15) is 55.8 Å². The van der Waals surface area contributed by atoms with E-state index in [9.17, 15) is 4.79 Å². The minimum Gasteiger partial charge on any atom is -0.467 e. The second kappa shape index (κ2) is 6.95. The van der Waals surface area contributed by atoms with Gasteiger partial charge >= 0.3 is 6.09 Å². The molecule has 1 amide bonds. The molecule has 1 aromatic carbocycles. The van der Waals surface area contributed by atoms with Crippen LogP contribution in [0.5, 0.6) is 0 Å². The van der Waals surface area contributed by atoms with Crippen molar-refractivity contribution in [2.45, 2.75) is 57.1 Å². The van der Waals surface area contributed by atoms with E-state index in [1.54, 1.807) is 6.26 Å². The minimum absolute atomic E-state index is 0.0702. The van der Waals surface area contributed by atoms with Gasteiger partial charge in [-0.05, 0) is 62.1 Å². The molecule has 1 aromatic heterocycles. The predicted molar refractivity (Wildman–Crippen MR) is 95.1 cm³/mol. The van der Waals surface area contributed by atoms with Crippen molar-refractivity contribution >= 4 is 6.09 Å². The van der Waals surface area contributed by atoms with Gasteiger partial charge in [-0.15, -0.1) is 0 Å². The lowest BCUT2D eigenvalue weighted by atomic mass is 9.56. The summed E-state index contributed by atoms with van der Waals surface area (Å²) in [5.41, 5.74) is 1.66. The van der Waals surface area contributed by atoms with E-state index in [1.165, 1.54) is 24.8 Å². The fourth-order valence-electron chi connectivity index (χ4n) is 4.42. The summed E-state index contributed by atoms with van der Waals surface area (Å²) in [4.78, 5) is 12.1. The second-order valence-corrected chi connectivity index (χ2v) is 7.41. The van der Waals surface area contributed by atoms with Crippen LogP contribution in [-0.2, 0) is 11.3 Å². The topological polar surface area (TPSA) is 51.5 Å². The Hall–Kier alpha value is -2.23. The lowest BCUT2D eigenvalue weighted by Crippen LogP contribution is -2.50. The van der Waals surface area contributed by atoms with Gasteiger partial charge in [-0.25, -0.2) is 4.79 Å². The molecule has 2 aliphatic rings. The van der Waals surface area contributed by atoms with Crippen molar-refractivity contribution in [2.75, 3.05) is 0 Å². The van der Waals surface area contributed by atoms with Gasteiger partial charge in [0.2, 0.25) is 0 Å². The highest BCUT2D eigenvalue weighted by Crippen LogP contribution is 2.55. The van der Waals surface area contributed by atoms with Crippen molar-refractivity contribution in [2.24, 2.45) is 5.41 Å². The van der Waals surface area contributed by atoms with Crippen molar-refractivity contribution in [1.29, 1.82) is 0 Å². The Bertz CT molecular complexity index is 687. The molecule has 25 heavy (non-hydrogen) atoms. The summed E-state index contributed by atoms with van der Waals surface area (Å²) in [7, 11) is 0. The van der Waals surface area contributed by atoms with Crippen LogP contribution in [0.4, 0.5) is 4.79 Å². The highest BCUT2D eigenvalue weighted by Gasteiger charge is 2.50. The highest BCUT2D eigenvalue weighted by molar-refractivity contribution is 5.67. The highest BCUT2D eigenvalue weighted by atomic mass is 16.6. The van der Waals surface area contributed by atoms with Crippen molar-refractivity contribution < 1.29 is 13.9 Å². The maximum atomic E-state index is 12.1. The van der Waals surface area contributed by atoms with Gasteiger partial charge in [0.15, 0.2) is 0 Å². The summed E-state index contributed by atoms with van der Waals surface area (Å²) in [6.07, 6.45) is 8.22. The zero-order valence-corrected chi connectivity index (χ0v) is 14.4. The lowest BCUT2D eigenvalue weighted by molar-refractivity contribution is -0.0949. The number of rotatable bonds is 4. The van der Waals surface area contributed by atoms with E-state index in [4.69, 9.17) is 9.15 Å². The molecule has 2 aromatic rings. The number of hydrogen-bond acceptors (Lipinski definition) is 3. The molecule has 132 valence electrons. The number of alkyl carbamates (subject to hydrolysis) is 1. The molecule has 0 bridgehead atoms. The molecular weight excluding hydrogens is 314 g/mol. The Labute approximate surface area is 148 Å². The van der Waals surface area contributed by atoms with Gasteiger partial charge in [-0.2, -0.15) is 0 Å². The molecule has 1 N–H and O–H groups in total. The van der Waals surface area contributed by atoms with Gasteiger partial charge in [0.25, 0.3) is 0 Å². The van der Waals surface area contributed by atoms with Gasteiger partial charge in [0, 0.05) is 5.41 Å². The maximum absolute atomic E-state index is 12.1. The number of nitrogens with one attached hydrogen (secondary N) is 1. The van der Waals surface area contributed by atoms with Gasteiger partial charge in [0.05, 0.1) is 12.8 Å². The molecule has 2 fully saturated rings. The van der Waals surface area contributed by atoms with E-state index < -0.39 is 0 Å². The first kappa shape index (κ1) is 16.2. The minimum atomic E-state index is -0.328. The molecule has 4 heteroatoms. The third-order valence-corrected chi connectivity index (χ3v) is 6.08. The average Bonchev–Trinajstić information content (AvgIpc) is 3.18. The van der Waals surface area contributed by atoms with E-state index in [1.807, 2.05) is 12.1 Å². The number of amides is 1. The SMILES string of the molecule is O=C(NCc1ccco1)OC1CCC12CCC(c1ccccc1)CC2. The quantitative estimate of drug-likeness (QED) is 0.851. The first-order chi connectivity index (χ1) is 12.3. The van der Waals surface area contributed by atoms with Crippen LogP contribution in [-0.4, -0.2) is 12.2 Å². The molecule has 4 nitrogen and oxygen atoms in total. The molecule has 4 rings (SSSR count). The van der Waals surface area contributed by atoms with Gasteiger partial charge in [-0.1, -0.05) is 30.3 Å². The van der Waals surface area contributed by atoms with Gasteiger partial charge in [0.1, 0.15) is 11.9 Å². The van der Waals surface area contributed by atoms with Crippen molar-refractivity contribution in [1.82, 2.24) is 5.32 Å². The Morgan fingerprint density at radius 3 is 2.48 bits per heavy atom. The standard InChI is InChI=1S/C21H25NO3/c23-20(22-15-18-7-4-14-24-18)25-19-10-13-21(19)11-8-17(9-12-21)16-5-2-1-3-6-16/h1-7,14,17,19H,8-13,15H2,(H,22,23). The Morgan fingerprint density at radius 2 is 1.84 bits per heavy atom. The molecule has 1 spiro atoms. The summed E-state index contributed by atoms with van der Waals surface area (Å²) in [5, 5.41) is 2.79. The molecule has 1 heterocycles. The first-order valence-electron chi connectivity index (χ1n) is 9.27. The van der Waals surface area contributed by atoms with Crippen LogP contribution in [0.3, 0.4) is 0 Å². The largest absolute Gasteiger partial charge is 0.467 e. The molecular formula is C21H25NO3. The Balaban J connectivity index is 1.28. The van der Waals surface area contributed by atoms with E-state index in [-0.39, 0.29) is 17.6 Å². The van der Waals surface area contributed by atoms with E-state index >= 15 is 0 Å². The van der Waals surface area contributed by atoms with Gasteiger partial charge < -0.3 is 14.5 Å². The molecule has 0 radical (unpaired) electrons. The summed E-state index contributed by atoms with van der Waals surface area (Å²) >= 11 is 0. The van der Waals surface area contributed by atoms with Crippen molar-refractivity contribution in [3.8, 4) is 0 Å². The maximum Gasteiger partial charge on any atom is 0.407 e. The zero-order valence-electron chi connectivity index (χ0n) is 14.4. The summed E-state index contributed by atoms with van der Waals surface area (Å²) < 4.78 is 10.9. The van der Waals surface area contributed by atoms with Crippen LogP contribution in [0.15, 0.2) is 53.1 Å². The summed E-state index contributed by atoms with van der Waals surface area (Å²) in [5.74, 6) is 1.39. The average molecular weight is 339 g/mol. The first-order valence-corrected chi connectivity index (χ1v) is 9.27. The smallest absolute Gasteiger partial charge is 0.407 e. The van der Waals surface area contributed by atoms with Crippen LogP contribution < -0.4 is 5.32 Å². The number of benzene rings is 1. The molecule has 2 saturated carbocycles. The number of hydrogen-bond donors (Lipinski definition) is 1. The van der Waals surface area contributed by atoms with Crippen molar-refractivity contribution in [3.05, 3.63) is 60.1 Å². The van der Waals surface area contributed by atoms with Crippen LogP contribution in [0.25, 0.3) is 0 Å². The fraction of sp³-hybridized carbons (Fsp3) is 0.476. The molecule has 1 unspecified atom stereocenters. The number of ether oxygens (including phenoxy) is 1. The van der Waals surface area contributed by atoms with Crippen LogP contribution in [0, 0.1) is 5.41 Å². The predicted octanol–water partition coefficient (Wildman–Crippen LogP) is 5.01. The second-order valence-electron chi connectivity index (χ2n) is 7.41. The molecule has 2 aliphatic carbocycles. The summed E-state index contributed by atoms with van der Waals surface area (Å²) in [6, 6.07) is 14.4. The fourth-order valence-corrected chi connectivity index (χ4v) is 4.42. The lowest BCUT2D eigenvalue weighted by Gasteiger charge is -2.52. The summed E-state index contributed by atoms with van der Waals surface area (Å²) in [6.45, 7) is 0.377. The van der Waals surface area contributed by atoms with E-state index in [2.05, 4.69) is 35.6 Å². The molecule has 0 saturated heterocycles. The van der Waals surface area contributed by atoms with E-state index in [0.717, 1.165) is 25.0 Å². The monoisotopic (exact) mass is 339 g/mol. The normalized spacial score (nSPS) is 28.3. The number of carbonyl (C=O) groups is 1. The zero-order chi connectivity index (χ0) is 17.1. The van der Waals surface area contributed by atoms with E-state index in [0.29, 0.717) is 12.5 Å². The Morgan fingerprint density at radius 1 is 1.08 bits per heavy atom. The number of carbonyl (C=O) groups excluding carboxylic acids is 1. The van der Waals surface area contributed by atoms with Crippen LogP contribution in [0.2, 0.25) is 0 Å². The third kappa shape index (κ3) is 3.44.